The number of alkyl halides is 3. The molecule has 3 heterocycles. The number of nitrogens with one attached hydrogen (secondary N) is 1. The van der Waals surface area contributed by atoms with Gasteiger partial charge in [-0.15, -0.1) is 0 Å². The summed E-state index contributed by atoms with van der Waals surface area (Å²) in [4.78, 5) is 19.8. The number of nitrogens with zero attached hydrogens (tertiary/aromatic N) is 4. The monoisotopic (exact) mass is 849 g/mol. The number of anilines is 1. The fraction of sp³-hybridized carbons (Fsp3) is 0.543. The molecular weight excluding hydrogens is 795 g/mol. The normalized spacial score (nSPS) is 25.4. The molecule has 3 aliphatic carbocycles. The van der Waals surface area contributed by atoms with Gasteiger partial charge in [0.25, 0.3) is 0 Å². The van der Waals surface area contributed by atoms with Gasteiger partial charge >= 0.3 is 12.1 Å². The smallest absolute Gasteiger partial charge is 0.408 e. The number of hydrogen-bond donors (Lipinski definition) is 2. The molecule has 8 rings (SSSR count). The molecule has 1 aliphatic heterocycles. The van der Waals surface area contributed by atoms with Gasteiger partial charge < -0.3 is 24.6 Å². The number of hydrogen-bond acceptors (Lipinski definition) is 8. The highest BCUT2D eigenvalue weighted by atomic mass is 35.5. The first kappa shape index (κ1) is 42.2. The summed E-state index contributed by atoms with van der Waals surface area (Å²) in [5.74, 6) is 2.24. The number of likely N-dealkylation sites (N-methyl/N-ethyl adjacent to an activating group) is 1. The second-order valence-electron chi connectivity index (χ2n) is 17.8. The first-order chi connectivity index (χ1) is 28.7. The van der Waals surface area contributed by atoms with Crippen LogP contribution in [0.2, 0.25) is 5.02 Å². The fourth-order valence-corrected chi connectivity index (χ4v) is 10.7. The number of aromatic nitrogens is 3. The Kier molecular flexibility index (Phi) is 12.0. The second kappa shape index (κ2) is 17.1. The molecule has 4 aliphatic rings. The number of carbonyl (C=O) groups is 1. The van der Waals surface area contributed by atoms with E-state index in [9.17, 15) is 23.1 Å². The Bertz CT molecular complexity index is 2170. The van der Waals surface area contributed by atoms with Gasteiger partial charge in [0.2, 0.25) is 0 Å². The van der Waals surface area contributed by atoms with E-state index >= 15 is 0 Å². The van der Waals surface area contributed by atoms with E-state index in [4.69, 9.17) is 25.8 Å². The van der Waals surface area contributed by atoms with Crippen LogP contribution in [0.5, 0.6) is 17.2 Å². The van der Waals surface area contributed by atoms with E-state index in [0.29, 0.717) is 85.7 Å². The van der Waals surface area contributed by atoms with Gasteiger partial charge in [0.1, 0.15) is 23.9 Å². The number of aliphatic carboxylic acids is 1. The Balaban J connectivity index is 1.04. The molecule has 14 heteroatoms. The minimum atomic E-state index is -4.37. The lowest BCUT2D eigenvalue weighted by Crippen LogP contribution is -2.53. The van der Waals surface area contributed by atoms with Crippen LogP contribution in [0, 0.1) is 11.8 Å². The summed E-state index contributed by atoms with van der Waals surface area (Å²) in [6.07, 6.45) is 6.35. The van der Waals surface area contributed by atoms with Crippen molar-refractivity contribution in [3.63, 3.8) is 0 Å². The number of ether oxygens (including phenoxy) is 3. The molecule has 4 atom stereocenters. The van der Waals surface area contributed by atoms with Crippen molar-refractivity contribution < 1.29 is 37.3 Å². The highest BCUT2D eigenvalue weighted by Crippen LogP contribution is 2.58. The highest BCUT2D eigenvalue weighted by Gasteiger charge is 2.54. The van der Waals surface area contributed by atoms with Crippen LogP contribution >= 0.6 is 11.6 Å². The van der Waals surface area contributed by atoms with Crippen molar-refractivity contribution in [2.24, 2.45) is 11.8 Å². The largest absolute Gasteiger partial charge is 0.493 e. The molecule has 1 fully saturated rings. The van der Waals surface area contributed by atoms with Crippen LogP contribution in [0.1, 0.15) is 99.2 Å². The molecular formula is C46H55ClF3N5O5. The molecule has 2 aromatic heterocycles. The number of fused-ring (bicyclic) bond motifs is 4. The van der Waals surface area contributed by atoms with Crippen LogP contribution < -0.4 is 19.5 Å². The van der Waals surface area contributed by atoms with Crippen LogP contribution in [-0.4, -0.2) is 75.4 Å². The summed E-state index contributed by atoms with van der Waals surface area (Å²) in [5, 5.41) is 18.6. The lowest BCUT2D eigenvalue weighted by atomic mass is 9.59. The summed E-state index contributed by atoms with van der Waals surface area (Å²) < 4.78 is 60.2. The van der Waals surface area contributed by atoms with Crippen molar-refractivity contribution in [1.29, 1.82) is 0 Å². The molecule has 2 N–H and O–H groups in total. The first-order valence-corrected chi connectivity index (χ1v) is 21.7. The van der Waals surface area contributed by atoms with E-state index in [1.54, 1.807) is 18.2 Å². The predicted molar refractivity (Wildman–Crippen MR) is 223 cm³/mol. The average molecular weight is 850 g/mol. The fourth-order valence-electron chi connectivity index (χ4n) is 10.5. The zero-order chi connectivity index (χ0) is 42.2. The zero-order valence-corrected chi connectivity index (χ0v) is 35.3. The molecule has 60 heavy (non-hydrogen) atoms. The summed E-state index contributed by atoms with van der Waals surface area (Å²) in [6, 6.07) is 15.1. The first-order valence-electron chi connectivity index (χ1n) is 21.3. The lowest BCUT2D eigenvalue weighted by Gasteiger charge is -2.47. The Hall–Kier alpha value is -4.49. The summed E-state index contributed by atoms with van der Waals surface area (Å²) in [7, 11) is 1.87. The van der Waals surface area contributed by atoms with Crippen LogP contribution in [0.4, 0.5) is 18.9 Å². The number of rotatable bonds is 13. The molecule has 4 aromatic rings. The van der Waals surface area contributed by atoms with Gasteiger partial charge in [0.05, 0.1) is 18.9 Å². The standard InChI is InChI=1S/C46H55ClF3N5O5/c1-29(27-59-39-11-17-51-38-9-4-6-30(2)42(38)39)20-32-21-31-22-40-41(60-36(12-19-58-40)26-54(3)25-35-10-18-52-55(35)28-46(48,49)50)24-37(31)44(32)13-15-45(16-14-44,43(56)57)53-34-8-5-7-33(47)23-34/h5,7-8,10-11,17-18,22-24,29-30,32,36,53H,4,6,9,12-16,19-21,25-28H2,1-3H3,(H,56,57)/t29-,30-,32?,36?,44?,45?/m1/s1. The topological polar surface area (TPSA) is 111 Å². The molecule has 2 aromatic carbocycles. The minimum Gasteiger partial charge on any atom is -0.493 e. The Morgan fingerprint density at radius 2 is 1.93 bits per heavy atom. The average Bonchev–Trinajstić information content (AvgIpc) is 3.66. The minimum absolute atomic E-state index is 0.220. The third-order valence-corrected chi connectivity index (χ3v) is 13.7. The van der Waals surface area contributed by atoms with Crippen molar-refractivity contribution in [3.05, 3.63) is 94.0 Å². The van der Waals surface area contributed by atoms with E-state index < -0.39 is 24.2 Å². The predicted octanol–water partition coefficient (Wildman–Crippen LogP) is 9.62. The van der Waals surface area contributed by atoms with E-state index in [1.807, 2.05) is 36.3 Å². The van der Waals surface area contributed by atoms with Crippen molar-refractivity contribution in [2.45, 2.75) is 120 Å². The number of pyridine rings is 1. The van der Waals surface area contributed by atoms with Gasteiger partial charge in [-0.25, -0.2) is 4.79 Å². The second-order valence-corrected chi connectivity index (χ2v) is 18.3. The molecule has 1 spiro atoms. The zero-order valence-electron chi connectivity index (χ0n) is 34.6. The van der Waals surface area contributed by atoms with Gasteiger partial charge in [0.15, 0.2) is 11.5 Å². The quantitative estimate of drug-likeness (QED) is 0.136. The Morgan fingerprint density at radius 1 is 1.12 bits per heavy atom. The Labute approximate surface area is 354 Å². The lowest BCUT2D eigenvalue weighted by molar-refractivity contribution is -0.144. The maximum absolute atomic E-state index is 13.2. The summed E-state index contributed by atoms with van der Waals surface area (Å²) >= 11 is 6.32. The maximum atomic E-state index is 13.2. The van der Waals surface area contributed by atoms with Crippen molar-refractivity contribution in [3.8, 4) is 17.2 Å². The number of carboxylic acid groups (broad SMARTS) is 1. The van der Waals surface area contributed by atoms with Gasteiger partial charge in [-0.1, -0.05) is 31.5 Å². The third kappa shape index (κ3) is 8.93. The van der Waals surface area contributed by atoms with Crippen LogP contribution in [0.25, 0.3) is 0 Å². The molecule has 0 radical (unpaired) electrons. The van der Waals surface area contributed by atoms with Gasteiger partial charge in [-0.05, 0) is 142 Å². The molecule has 0 saturated heterocycles. The van der Waals surface area contributed by atoms with Gasteiger partial charge in [-0.3, -0.25) is 14.6 Å². The summed E-state index contributed by atoms with van der Waals surface area (Å²) in [5.41, 5.74) is 4.45. The van der Waals surface area contributed by atoms with E-state index in [2.05, 4.69) is 41.4 Å². The molecule has 10 nitrogen and oxygen atoms in total. The van der Waals surface area contributed by atoms with Gasteiger partial charge in [-0.2, -0.15) is 18.3 Å². The van der Waals surface area contributed by atoms with Gasteiger partial charge in [0, 0.05) is 53.9 Å². The summed E-state index contributed by atoms with van der Waals surface area (Å²) in [6.45, 7) is 5.11. The Morgan fingerprint density at radius 3 is 2.70 bits per heavy atom. The SMILES string of the molecule is C[C@@H](COc1ccnc2c1[C@H](C)CCC2)CC1Cc2cc3c(cc2C12CCC(Nc1cccc(Cl)c1)(C(=O)O)CC2)OC(CN(C)Cc1ccnn1CC(F)(F)F)CCO3. The van der Waals surface area contributed by atoms with E-state index in [0.717, 1.165) is 48.2 Å². The molecule has 2 unspecified atom stereocenters. The maximum Gasteiger partial charge on any atom is 0.408 e. The van der Waals surface area contributed by atoms with Crippen molar-refractivity contribution in [1.82, 2.24) is 19.7 Å². The van der Waals surface area contributed by atoms with Crippen LogP contribution in [0.15, 0.2) is 60.9 Å². The number of carboxylic acids is 1. The van der Waals surface area contributed by atoms with Crippen LogP contribution in [-0.2, 0) is 36.1 Å². The number of halogens is 4. The van der Waals surface area contributed by atoms with E-state index in [1.165, 1.54) is 22.9 Å². The molecule has 1 saturated carbocycles. The highest BCUT2D eigenvalue weighted by molar-refractivity contribution is 6.30. The molecule has 322 valence electrons. The number of aryl methyl sites for hydroxylation is 1. The molecule has 0 bridgehead atoms. The number of benzene rings is 2. The van der Waals surface area contributed by atoms with E-state index in [-0.39, 0.29) is 29.9 Å². The van der Waals surface area contributed by atoms with Crippen molar-refractivity contribution >= 4 is 23.3 Å². The third-order valence-electron chi connectivity index (χ3n) is 13.4. The van der Waals surface area contributed by atoms with Crippen LogP contribution in [0.3, 0.4) is 0 Å². The molecule has 0 amide bonds. The van der Waals surface area contributed by atoms with Crippen molar-refractivity contribution in [2.75, 3.05) is 32.1 Å².